The minimum absolute atomic E-state index is 0. The predicted molar refractivity (Wildman–Crippen MR) is 95.6 cm³/mol. The van der Waals surface area contributed by atoms with E-state index < -0.39 is 0 Å². The fourth-order valence-electron chi connectivity index (χ4n) is 2.57. The lowest BCUT2D eigenvalue weighted by molar-refractivity contribution is 0.190. The van der Waals surface area contributed by atoms with Gasteiger partial charge in [-0.3, -0.25) is 4.90 Å². The van der Waals surface area contributed by atoms with E-state index in [4.69, 9.17) is 9.26 Å². The zero-order chi connectivity index (χ0) is 16.2. The normalized spacial score (nSPS) is 19.5. The Morgan fingerprint density at radius 3 is 2.79 bits per heavy atom. The number of rotatable bonds is 5. The van der Waals surface area contributed by atoms with Crippen LogP contribution in [-0.4, -0.2) is 47.8 Å². The summed E-state index contributed by atoms with van der Waals surface area (Å²) < 4.78 is 11.2. The van der Waals surface area contributed by atoms with Crippen LogP contribution in [0.5, 0.6) is 5.75 Å². The molecule has 1 saturated heterocycles. The van der Waals surface area contributed by atoms with Crippen LogP contribution in [0.15, 0.2) is 28.8 Å². The van der Waals surface area contributed by atoms with E-state index in [1.165, 1.54) is 0 Å². The van der Waals surface area contributed by atoms with Gasteiger partial charge in [0.25, 0.3) is 5.89 Å². The van der Waals surface area contributed by atoms with Gasteiger partial charge in [0.05, 0.1) is 12.1 Å². The lowest BCUT2D eigenvalue weighted by atomic mass is 10.2. The average molecular weight is 353 g/mol. The maximum absolute atomic E-state index is 5.79. The second kappa shape index (κ2) is 8.46. The van der Waals surface area contributed by atoms with Gasteiger partial charge in [-0.05, 0) is 44.7 Å². The second-order valence-electron chi connectivity index (χ2n) is 6.02. The zero-order valence-corrected chi connectivity index (χ0v) is 15.2. The quantitative estimate of drug-likeness (QED) is 0.892. The van der Waals surface area contributed by atoms with Gasteiger partial charge in [-0.2, -0.15) is 4.98 Å². The van der Waals surface area contributed by atoms with Gasteiger partial charge in [-0.25, -0.2) is 0 Å². The third kappa shape index (κ3) is 4.26. The topological polar surface area (TPSA) is 63.4 Å². The van der Waals surface area contributed by atoms with E-state index in [2.05, 4.69) is 41.3 Å². The molecule has 0 amide bonds. The van der Waals surface area contributed by atoms with Gasteiger partial charge in [0, 0.05) is 25.2 Å². The van der Waals surface area contributed by atoms with Crippen molar-refractivity contribution in [3.05, 3.63) is 30.1 Å². The maximum Gasteiger partial charge on any atom is 0.257 e. The maximum atomic E-state index is 5.79. The standard InChI is InChI=1S/C17H24N4O2.ClH/c1-4-12(2)22-14-7-5-13(6-8-14)17-19-16(20-23-17)15-11-18-9-10-21(15)3;/h5-8,12,15,18H,4,9-11H2,1-3H3;1H. The first-order valence-corrected chi connectivity index (χ1v) is 8.19. The molecule has 2 unspecified atom stereocenters. The molecular formula is C17H25ClN4O2. The number of ether oxygens (including phenoxy) is 1. The molecule has 2 aromatic rings. The molecule has 0 bridgehead atoms. The summed E-state index contributed by atoms with van der Waals surface area (Å²) in [5.41, 5.74) is 0.909. The van der Waals surface area contributed by atoms with E-state index in [0.29, 0.717) is 5.89 Å². The van der Waals surface area contributed by atoms with Crippen molar-refractivity contribution in [3.63, 3.8) is 0 Å². The molecule has 0 spiro atoms. The highest BCUT2D eigenvalue weighted by atomic mass is 35.5. The van der Waals surface area contributed by atoms with Crippen LogP contribution < -0.4 is 10.1 Å². The molecular weight excluding hydrogens is 328 g/mol. The number of aromatic nitrogens is 2. The van der Waals surface area contributed by atoms with Gasteiger partial charge in [-0.1, -0.05) is 12.1 Å². The van der Waals surface area contributed by atoms with Crippen molar-refractivity contribution in [2.45, 2.75) is 32.4 Å². The molecule has 1 aromatic carbocycles. The van der Waals surface area contributed by atoms with Gasteiger partial charge in [0.15, 0.2) is 5.82 Å². The summed E-state index contributed by atoms with van der Waals surface area (Å²) in [5, 5.41) is 7.52. The van der Waals surface area contributed by atoms with Crippen LogP contribution in [0.4, 0.5) is 0 Å². The first-order valence-electron chi connectivity index (χ1n) is 8.19. The number of hydrogen-bond acceptors (Lipinski definition) is 6. The van der Waals surface area contributed by atoms with Gasteiger partial charge in [-0.15, -0.1) is 12.4 Å². The van der Waals surface area contributed by atoms with E-state index in [9.17, 15) is 0 Å². The van der Waals surface area contributed by atoms with Crippen molar-refractivity contribution in [2.24, 2.45) is 0 Å². The van der Waals surface area contributed by atoms with Gasteiger partial charge >= 0.3 is 0 Å². The summed E-state index contributed by atoms with van der Waals surface area (Å²) in [6.07, 6.45) is 1.20. The predicted octanol–water partition coefficient (Wildman–Crippen LogP) is 2.91. The van der Waals surface area contributed by atoms with Gasteiger partial charge in [0.1, 0.15) is 5.75 Å². The summed E-state index contributed by atoms with van der Waals surface area (Å²) in [6, 6.07) is 7.96. The summed E-state index contributed by atoms with van der Waals surface area (Å²) >= 11 is 0. The van der Waals surface area contributed by atoms with E-state index in [1.807, 2.05) is 24.3 Å². The minimum atomic E-state index is 0. The average Bonchev–Trinajstić information content (AvgIpc) is 3.05. The summed E-state index contributed by atoms with van der Waals surface area (Å²) in [7, 11) is 2.09. The van der Waals surface area contributed by atoms with Crippen molar-refractivity contribution < 1.29 is 9.26 Å². The van der Waals surface area contributed by atoms with E-state index >= 15 is 0 Å². The van der Waals surface area contributed by atoms with Crippen LogP contribution in [-0.2, 0) is 0 Å². The smallest absolute Gasteiger partial charge is 0.257 e. The number of piperazine rings is 1. The van der Waals surface area contributed by atoms with Crippen molar-refractivity contribution >= 4 is 12.4 Å². The fraction of sp³-hybridized carbons (Fsp3) is 0.529. The van der Waals surface area contributed by atoms with Crippen LogP contribution in [0.25, 0.3) is 11.5 Å². The minimum Gasteiger partial charge on any atom is -0.491 e. The summed E-state index contributed by atoms with van der Waals surface area (Å²) in [4.78, 5) is 6.81. The molecule has 0 radical (unpaired) electrons. The van der Waals surface area contributed by atoms with Crippen molar-refractivity contribution in [3.8, 4) is 17.2 Å². The van der Waals surface area contributed by atoms with Crippen molar-refractivity contribution in [2.75, 3.05) is 26.7 Å². The third-order valence-corrected chi connectivity index (χ3v) is 4.26. The number of halogens is 1. The highest BCUT2D eigenvalue weighted by Gasteiger charge is 2.25. The van der Waals surface area contributed by atoms with Crippen LogP contribution >= 0.6 is 12.4 Å². The zero-order valence-electron chi connectivity index (χ0n) is 14.4. The van der Waals surface area contributed by atoms with Crippen LogP contribution in [0, 0.1) is 0 Å². The number of nitrogens with zero attached hydrogens (tertiary/aromatic N) is 3. The molecule has 1 aromatic heterocycles. The van der Waals surface area contributed by atoms with Crippen molar-refractivity contribution in [1.82, 2.24) is 20.4 Å². The van der Waals surface area contributed by atoms with E-state index in [1.54, 1.807) is 0 Å². The number of likely N-dealkylation sites (N-methyl/N-ethyl adjacent to an activating group) is 1. The Morgan fingerprint density at radius 1 is 1.38 bits per heavy atom. The first kappa shape index (κ1) is 18.7. The van der Waals surface area contributed by atoms with Crippen LogP contribution in [0.1, 0.15) is 32.1 Å². The fourth-order valence-corrected chi connectivity index (χ4v) is 2.57. The number of hydrogen-bond donors (Lipinski definition) is 1. The molecule has 0 aliphatic carbocycles. The molecule has 132 valence electrons. The van der Waals surface area contributed by atoms with Crippen LogP contribution in [0.3, 0.4) is 0 Å². The molecule has 0 saturated carbocycles. The SMILES string of the molecule is CCC(C)Oc1ccc(-c2nc(C3CNCCN3C)no2)cc1.Cl. The molecule has 2 atom stereocenters. The molecule has 6 nitrogen and oxygen atoms in total. The van der Waals surface area contributed by atoms with Gasteiger partial charge in [0.2, 0.25) is 0 Å². The number of nitrogens with one attached hydrogen (secondary N) is 1. The van der Waals surface area contributed by atoms with E-state index in [0.717, 1.165) is 43.2 Å². The molecule has 1 fully saturated rings. The van der Waals surface area contributed by atoms with Gasteiger partial charge < -0.3 is 14.6 Å². The Balaban J connectivity index is 0.00000208. The Bertz CT molecular complexity index is 632. The summed E-state index contributed by atoms with van der Waals surface area (Å²) in [6.45, 7) is 6.99. The lowest BCUT2D eigenvalue weighted by Gasteiger charge is -2.30. The number of benzene rings is 1. The molecule has 24 heavy (non-hydrogen) atoms. The second-order valence-corrected chi connectivity index (χ2v) is 6.02. The van der Waals surface area contributed by atoms with Crippen molar-refractivity contribution in [1.29, 1.82) is 0 Å². The first-order chi connectivity index (χ1) is 11.2. The third-order valence-electron chi connectivity index (χ3n) is 4.26. The summed E-state index contributed by atoms with van der Waals surface area (Å²) in [5.74, 6) is 2.14. The molecule has 2 heterocycles. The monoisotopic (exact) mass is 352 g/mol. The Morgan fingerprint density at radius 2 is 2.12 bits per heavy atom. The molecule has 1 aliphatic heterocycles. The molecule has 1 aliphatic rings. The Kier molecular flexibility index (Phi) is 6.60. The lowest BCUT2D eigenvalue weighted by Crippen LogP contribution is -2.44. The highest BCUT2D eigenvalue weighted by Crippen LogP contribution is 2.24. The molecule has 1 N–H and O–H groups in total. The Hall–Kier alpha value is -1.63. The van der Waals surface area contributed by atoms with Crippen LogP contribution in [0.2, 0.25) is 0 Å². The molecule has 7 heteroatoms. The Labute approximate surface area is 149 Å². The largest absolute Gasteiger partial charge is 0.491 e. The highest BCUT2D eigenvalue weighted by molar-refractivity contribution is 5.85. The molecule has 3 rings (SSSR count). The van der Waals surface area contributed by atoms with E-state index in [-0.39, 0.29) is 24.6 Å².